The maximum atomic E-state index is 12.3. The van der Waals surface area contributed by atoms with Crippen molar-refractivity contribution in [3.05, 3.63) is 0 Å². The van der Waals surface area contributed by atoms with Crippen molar-refractivity contribution in [3.8, 4) is 0 Å². The number of aliphatic carboxylic acids is 1. The number of hydrogen-bond acceptors (Lipinski definition) is 3. The second kappa shape index (κ2) is 4.61. The van der Waals surface area contributed by atoms with Gasteiger partial charge in [-0.2, -0.15) is 20.5 Å². The first-order valence-electron chi connectivity index (χ1n) is 3.31. The molecule has 0 aliphatic carbocycles. The Hall–Kier alpha value is -0.360. The lowest BCUT2D eigenvalue weighted by Crippen LogP contribution is -2.32. The molecular weight excluding hydrogens is 188 g/mol. The summed E-state index contributed by atoms with van der Waals surface area (Å²) in [6, 6.07) is -0.195. The van der Waals surface area contributed by atoms with E-state index < -0.39 is 17.6 Å². The molecule has 12 heavy (non-hydrogen) atoms. The molecule has 3 N–H and O–H groups in total. The van der Waals surface area contributed by atoms with Gasteiger partial charge >= 0.3 is 11.9 Å². The highest BCUT2D eigenvalue weighted by Crippen LogP contribution is 2.20. The minimum Gasteiger partial charge on any atom is -0.477 e. The molecular formula is C6H11F2NO2S. The Balaban J connectivity index is 3.69. The summed E-state index contributed by atoms with van der Waals surface area (Å²) in [5, 5.41) is 8.01. The van der Waals surface area contributed by atoms with E-state index in [2.05, 4.69) is 0 Å². The number of carboxylic acid groups (broad SMARTS) is 1. The number of halogens is 2. The maximum absolute atomic E-state index is 12.3. The normalized spacial score (nSPS) is 14.3. The molecule has 0 heterocycles. The van der Waals surface area contributed by atoms with E-state index >= 15 is 0 Å². The van der Waals surface area contributed by atoms with E-state index in [9.17, 15) is 13.6 Å². The van der Waals surface area contributed by atoms with Gasteiger partial charge in [0.2, 0.25) is 0 Å². The van der Waals surface area contributed by atoms with Crippen molar-refractivity contribution in [2.75, 3.05) is 11.5 Å². The third-order valence-electron chi connectivity index (χ3n) is 0.977. The van der Waals surface area contributed by atoms with Crippen molar-refractivity contribution in [3.63, 3.8) is 0 Å². The summed E-state index contributed by atoms with van der Waals surface area (Å²) in [6.07, 6.45) is 0. The number of alkyl halides is 2. The number of carbonyl (C=O) groups is 1. The van der Waals surface area contributed by atoms with E-state index in [1.54, 1.807) is 6.92 Å². The van der Waals surface area contributed by atoms with Crippen LogP contribution in [0.4, 0.5) is 8.78 Å². The number of hydrogen-bond donors (Lipinski definition) is 2. The van der Waals surface area contributed by atoms with Gasteiger partial charge in [0.05, 0.1) is 5.75 Å². The van der Waals surface area contributed by atoms with Crippen LogP contribution >= 0.6 is 11.8 Å². The summed E-state index contributed by atoms with van der Waals surface area (Å²) in [5.41, 5.74) is 5.28. The average molecular weight is 199 g/mol. The summed E-state index contributed by atoms with van der Waals surface area (Å²) in [4.78, 5) is 9.90. The summed E-state index contributed by atoms with van der Waals surface area (Å²) in [7, 11) is 0. The van der Waals surface area contributed by atoms with Crippen molar-refractivity contribution < 1.29 is 18.7 Å². The Morgan fingerprint density at radius 1 is 1.75 bits per heavy atom. The largest absolute Gasteiger partial charge is 0.477 e. The second-order valence-electron chi connectivity index (χ2n) is 2.50. The van der Waals surface area contributed by atoms with Crippen molar-refractivity contribution in [2.24, 2.45) is 5.73 Å². The highest BCUT2D eigenvalue weighted by Gasteiger charge is 2.38. The van der Waals surface area contributed by atoms with Gasteiger partial charge in [0.15, 0.2) is 0 Å². The van der Waals surface area contributed by atoms with E-state index in [1.807, 2.05) is 0 Å². The van der Waals surface area contributed by atoms with E-state index in [0.717, 1.165) is 11.8 Å². The van der Waals surface area contributed by atoms with Crippen molar-refractivity contribution >= 4 is 17.7 Å². The zero-order valence-electron chi connectivity index (χ0n) is 6.59. The van der Waals surface area contributed by atoms with Crippen LogP contribution in [0.3, 0.4) is 0 Å². The fourth-order valence-electron chi connectivity index (χ4n) is 0.435. The van der Waals surface area contributed by atoms with Crippen LogP contribution in [0.2, 0.25) is 0 Å². The molecule has 0 radical (unpaired) electrons. The van der Waals surface area contributed by atoms with E-state index in [4.69, 9.17) is 10.8 Å². The van der Waals surface area contributed by atoms with Crippen LogP contribution in [0, 0.1) is 0 Å². The maximum Gasteiger partial charge on any atom is 0.375 e. The number of carboxylic acids is 1. The van der Waals surface area contributed by atoms with E-state index in [-0.39, 0.29) is 6.04 Å². The highest BCUT2D eigenvalue weighted by atomic mass is 32.2. The Kier molecular flexibility index (Phi) is 4.47. The predicted molar refractivity (Wildman–Crippen MR) is 43.6 cm³/mol. The Morgan fingerprint density at radius 3 is 2.58 bits per heavy atom. The van der Waals surface area contributed by atoms with Gasteiger partial charge in [-0.3, -0.25) is 0 Å². The second-order valence-corrected chi connectivity index (χ2v) is 3.53. The number of nitrogens with two attached hydrogens (primary N) is 1. The zero-order valence-corrected chi connectivity index (χ0v) is 7.41. The van der Waals surface area contributed by atoms with Gasteiger partial charge in [0.1, 0.15) is 0 Å². The number of rotatable bonds is 5. The predicted octanol–water partition coefficient (Wildman–Crippen LogP) is 0.787. The molecule has 0 aliphatic heterocycles. The summed E-state index contributed by atoms with van der Waals surface area (Å²) < 4.78 is 24.7. The smallest absolute Gasteiger partial charge is 0.375 e. The molecule has 6 heteroatoms. The molecule has 3 nitrogen and oxygen atoms in total. The first-order chi connectivity index (χ1) is 5.36. The first-order valence-corrected chi connectivity index (χ1v) is 4.46. The van der Waals surface area contributed by atoms with Gasteiger partial charge in [0.25, 0.3) is 0 Å². The molecule has 0 aliphatic rings. The molecule has 0 amide bonds. The molecule has 1 atom stereocenters. The standard InChI is InChI=1S/C6H11F2NO2S/c1-4(9)2-12-3-6(7,8)5(10)11/h4H,2-3,9H2,1H3,(H,10,11). The molecule has 0 saturated heterocycles. The Bertz CT molecular complexity index is 164. The van der Waals surface area contributed by atoms with Crippen LogP contribution < -0.4 is 5.73 Å². The molecule has 72 valence electrons. The van der Waals surface area contributed by atoms with Gasteiger partial charge in [-0.05, 0) is 6.92 Å². The lowest BCUT2D eigenvalue weighted by Gasteiger charge is -2.11. The average Bonchev–Trinajstić information content (AvgIpc) is 1.85. The highest BCUT2D eigenvalue weighted by molar-refractivity contribution is 7.99. The van der Waals surface area contributed by atoms with E-state index in [0.29, 0.717) is 5.75 Å². The third kappa shape index (κ3) is 4.50. The van der Waals surface area contributed by atoms with Gasteiger partial charge in [-0.15, -0.1) is 0 Å². The molecule has 0 bridgehead atoms. The molecule has 0 aromatic heterocycles. The first kappa shape index (κ1) is 11.6. The van der Waals surface area contributed by atoms with Crippen LogP contribution in [-0.4, -0.2) is 34.5 Å². The fourth-order valence-corrected chi connectivity index (χ4v) is 1.30. The van der Waals surface area contributed by atoms with Gasteiger partial charge in [0, 0.05) is 11.8 Å². The lowest BCUT2D eigenvalue weighted by molar-refractivity contribution is -0.161. The minimum atomic E-state index is -3.64. The van der Waals surface area contributed by atoms with Gasteiger partial charge < -0.3 is 10.8 Å². The number of thioether (sulfide) groups is 1. The quantitative estimate of drug-likeness (QED) is 0.687. The van der Waals surface area contributed by atoms with Gasteiger partial charge in [-0.25, -0.2) is 4.79 Å². The van der Waals surface area contributed by atoms with Crippen molar-refractivity contribution in [1.82, 2.24) is 0 Å². The zero-order chi connectivity index (χ0) is 9.78. The SMILES string of the molecule is CC(N)CSCC(F)(F)C(=O)O. The van der Waals surface area contributed by atoms with Crippen LogP contribution in [-0.2, 0) is 4.79 Å². The van der Waals surface area contributed by atoms with Gasteiger partial charge in [-0.1, -0.05) is 0 Å². The van der Waals surface area contributed by atoms with Crippen LogP contribution in [0.5, 0.6) is 0 Å². The summed E-state index contributed by atoms with van der Waals surface area (Å²) in [6.45, 7) is 1.67. The molecule has 0 aromatic carbocycles. The summed E-state index contributed by atoms with van der Waals surface area (Å²) >= 11 is 0.841. The molecule has 0 saturated carbocycles. The molecule has 0 spiro atoms. The van der Waals surface area contributed by atoms with Crippen LogP contribution in [0.15, 0.2) is 0 Å². The van der Waals surface area contributed by atoms with Crippen molar-refractivity contribution in [2.45, 2.75) is 18.9 Å². The Morgan fingerprint density at radius 2 is 2.25 bits per heavy atom. The molecule has 0 aromatic rings. The third-order valence-corrected chi connectivity index (χ3v) is 2.31. The monoisotopic (exact) mass is 199 g/mol. The van der Waals surface area contributed by atoms with Crippen LogP contribution in [0.25, 0.3) is 0 Å². The Labute approximate surface area is 73.3 Å². The summed E-state index contributed by atoms with van der Waals surface area (Å²) in [5.74, 6) is -6.11. The fraction of sp³-hybridized carbons (Fsp3) is 0.833. The minimum absolute atomic E-state index is 0.195. The van der Waals surface area contributed by atoms with Crippen LogP contribution in [0.1, 0.15) is 6.92 Å². The van der Waals surface area contributed by atoms with Crippen molar-refractivity contribution in [1.29, 1.82) is 0 Å². The lowest BCUT2D eigenvalue weighted by atomic mass is 10.4. The topological polar surface area (TPSA) is 63.3 Å². The van der Waals surface area contributed by atoms with E-state index in [1.165, 1.54) is 0 Å². The molecule has 0 fully saturated rings. The molecule has 1 unspecified atom stereocenters. The molecule has 0 rings (SSSR count).